The molecule has 0 bridgehead atoms. The molecule has 3 aromatic rings. The summed E-state index contributed by atoms with van der Waals surface area (Å²) in [4.78, 5) is 12.3. The second-order valence-electron chi connectivity index (χ2n) is 6.15. The summed E-state index contributed by atoms with van der Waals surface area (Å²) in [6.45, 7) is 4.10. The number of anilines is 1. The topological polar surface area (TPSA) is 59.8 Å². The first-order valence-corrected chi connectivity index (χ1v) is 9.59. The highest BCUT2D eigenvalue weighted by molar-refractivity contribution is 7.99. The lowest BCUT2D eigenvalue weighted by Crippen LogP contribution is -2.14. The van der Waals surface area contributed by atoms with Gasteiger partial charge in [-0.2, -0.15) is 0 Å². The van der Waals surface area contributed by atoms with Crippen molar-refractivity contribution in [1.29, 1.82) is 0 Å². The van der Waals surface area contributed by atoms with Gasteiger partial charge in [0.25, 0.3) is 0 Å². The molecule has 136 valence electrons. The molecule has 3 rings (SSSR count). The van der Waals surface area contributed by atoms with Gasteiger partial charge < -0.3 is 9.88 Å². The molecule has 6 heteroatoms. The fraction of sp³-hybridized carbons (Fsp3) is 0.190. The van der Waals surface area contributed by atoms with Gasteiger partial charge in [-0.15, -0.1) is 10.2 Å². The van der Waals surface area contributed by atoms with E-state index >= 15 is 0 Å². The Balaban J connectivity index is 1.60. The van der Waals surface area contributed by atoms with Crippen molar-refractivity contribution in [1.82, 2.24) is 14.8 Å². The summed E-state index contributed by atoms with van der Waals surface area (Å²) < 4.78 is 1.94. The molecule has 0 aliphatic carbocycles. The number of rotatable bonds is 5. The quantitative estimate of drug-likeness (QED) is 0.540. The number of thioether (sulfide) groups is 1. The lowest BCUT2D eigenvalue weighted by atomic mass is 10.1. The Kier molecular flexibility index (Phi) is 6.29. The third-order valence-corrected chi connectivity index (χ3v) is 4.66. The summed E-state index contributed by atoms with van der Waals surface area (Å²) >= 11 is 1.37. The van der Waals surface area contributed by atoms with Crippen LogP contribution in [0.4, 0.5) is 5.69 Å². The lowest BCUT2D eigenvalue weighted by Gasteiger charge is -2.09. The Morgan fingerprint density at radius 2 is 1.85 bits per heavy atom. The standard InChI is InChI=1S/C21H20N4OS/c1-16(2)25-15-22-24-21(25)27-14-20(26)23-19-10-6-9-18(13-19)12-11-17-7-4-3-5-8-17/h3-10,13,15-16H,14H2,1-2H3,(H,23,26). The van der Waals surface area contributed by atoms with Crippen LogP contribution in [0.3, 0.4) is 0 Å². The monoisotopic (exact) mass is 376 g/mol. The molecule has 1 amide bonds. The summed E-state index contributed by atoms with van der Waals surface area (Å²) in [6, 6.07) is 17.6. The van der Waals surface area contributed by atoms with Crippen molar-refractivity contribution in [3.8, 4) is 11.8 Å². The van der Waals surface area contributed by atoms with Crippen LogP contribution in [0.2, 0.25) is 0 Å². The van der Waals surface area contributed by atoms with Crippen molar-refractivity contribution in [3.63, 3.8) is 0 Å². The van der Waals surface area contributed by atoms with Crippen LogP contribution in [0.25, 0.3) is 0 Å². The number of benzene rings is 2. The van der Waals surface area contributed by atoms with Crippen LogP contribution in [0.15, 0.2) is 66.1 Å². The van der Waals surface area contributed by atoms with Gasteiger partial charge in [0.15, 0.2) is 5.16 Å². The van der Waals surface area contributed by atoms with Gasteiger partial charge in [0.05, 0.1) is 5.75 Å². The summed E-state index contributed by atoms with van der Waals surface area (Å²) in [5.74, 6) is 6.42. The first-order valence-electron chi connectivity index (χ1n) is 8.61. The van der Waals surface area contributed by atoms with Crippen LogP contribution in [0.5, 0.6) is 0 Å². The Bertz CT molecular complexity index is 970. The fourth-order valence-electron chi connectivity index (χ4n) is 2.36. The molecule has 0 atom stereocenters. The van der Waals surface area contributed by atoms with E-state index in [2.05, 4.69) is 41.2 Å². The minimum atomic E-state index is -0.0912. The maximum Gasteiger partial charge on any atom is 0.234 e. The molecule has 0 spiro atoms. The Morgan fingerprint density at radius 3 is 2.63 bits per heavy atom. The normalized spacial score (nSPS) is 10.3. The molecule has 1 N–H and O–H groups in total. The largest absolute Gasteiger partial charge is 0.325 e. The molecule has 5 nitrogen and oxygen atoms in total. The second-order valence-corrected chi connectivity index (χ2v) is 7.09. The van der Waals surface area contributed by atoms with E-state index < -0.39 is 0 Å². The third kappa shape index (κ3) is 5.47. The average Bonchev–Trinajstić information content (AvgIpc) is 3.15. The molecule has 27 heavy (non-hydrogen) atoms. The molecule has 0 saturated carbocycles. The smallest absolute Gasteiger partial charge is 0.234 e. The van der Waals surface area contributed by atoms with E-state index in [-0.39, 0.29) is 17.7 Å². The maximum absolute atomic E-state index is 12.3. The zero-order valence-corrected chi connectivity index (χ0v) is 16.0. The number of nitrogens with zero attached hydrogens (tertiary/aromatic N) is 3. The number of carbonyl (C=O) groups is 1. The Morgan fingerprint density at radius 1 is 1.11 bits per heavy atom. The first kappa shape index (κ1) is 18.7. The highest BCUT2D eigenvalue weighted by Gasteiger charge is 2.10. The molecule has 0 aliphatic heterocycles. The van der Waals surface area contributed by atoms with E-state index in [1.807, 2.05) is 59.2 Å². The molecule has 0 unspecified atom stereocenters. The zero-order valence-electron chi connectivity index (χ0n) is 15.2. The van der Waals surface area contributed by atoms with Crippen LogP contribution < -0.4 is 5.32 Å². The Labute approximate surface area is 163 Å². The van der Waals surface area contributed by atoms with Crippen LogP contribution in [-0.4, -0.2) is 26.4 Å². The molecule has 1 heterocycles. The number of carbonyl (C=O) groups excluding carboxylic acids is 1. The van der Waals surface area contributed by atoms with E-state index in [0.717, 1.165) is 22.0 Å². The molecule has 1 aromatic heterocycles. The highest BCUT2D eigenvalue weighted by atomic mass is 32.2. The predicted octanol–water partition coefficient (Wildman–Crippen LogP) is 3.99. The van der Waals surface area contributed by atoms with Crippen LogP contribution >= 0.6 is 11.8 Å². The van der Waals surface area contributed by atoms with Crippen molar-refractivity contribution in [3.05, 3.63) is 72.1 Å². The number of amides is 1. The van der Waals surface area contributed by atoms with Gasteiger partial charge >= 0.3 is 0 Å². The molecular formula is C21H20N4OS. The average molecular weight is 376 g/mol. The van der Waals surface area contributed by atoms with Gasteiger partial charge in [0.1, 0.15) is 6.33 Å². The molecule has 0 fully saturated rings. The van der Waals surface area contributed by atoms with Gasteiger partial charge in [-0.1, -0.05) is 47.9 Å². The summed E-state index contributed by atoms with van der Waals surface area (Å²) in [5.41, 5.74) is 2.53. The lowest BCUT2D eigenvalue weighted by molar-refractivity contribution is -0.113. The van der Waals surface area contributed by atoms with Crippen molar-refractivity contribution < 1.29 is 4.79 Å². The fourth-order valence-corrected chi connectivity index (χ4v) is 3.20. The highest BCUT2D eigenvalue weighted by Crippen LogP contribution is 2.19. The van der Waals surface area contributed by atoms with Crippen LogP contribution in [0.1, 0.15) is 31.0 Å². The van der Waals surface area contributed by atoms with Crippen molar-refractivity contribution in [2.75, 3.05) is 11.1 Å². The minimum absolute atomic E-state index is 0.0912. The third-order valence-electron chi connectivity index (χ3n) is 3.70. The first-order chi connectivity index (χ1) is 13.1. The van der Waals surface area contributed by atoms with Crippen LogP contribution in [-0.2, 0) is 4.79 Å². The molecule has 0 radical (unpaired) electrons. The van der Waals surface area contributed by atoms with Gasteiger partial charge in [0, 0.05) is 22.9 Å². The number of hydrogen-bond acceptors (Lipinski definition) is 4. The summed E-state index contributed by atoms with van der Waals surface area (Å²) in [5, 5.41) is 11.6. The predicted molar refractivity (Wildman–Crippen MR) is 109 cm³/mol. The molecule has 2 aromatic carbocycles. The van der Waals surface area contributed by atoms with E-state index in [1.54, 1.807) is 6.33 Å². The number of hydrogen-bond donors (Lipinski definition) is 1. The number of aromatic nitrogens is 3. The molecule has 0 aliphatic rings. The maximum atomic E-state index is 12.3. The molecule has 0 saturated heterocycles. The van der Waals surface area contributed by atoms with E-state index in [1.165, 1.54) is 11.8 Å². The van der Waals surface area contributed by atoms with Crippen molar-refractivity contribution in [2.45, 2.75) is 25.0 Å². The van der Waals surface area contributed by atoms with E-state index in [9.17, 15) is 4.79 Å². The Hall–Kier alpha value is -3.04. The van der Waals surface area contributed by atoms with Gasteiger partial charge in [-0.25, -0.2) is 0 Å². The van der Waals surface area contributed by atoms with E-state index in [0.29, 0.717) is 0 Å². The van der Waals surface area contributed by atoms with E-state index in [4.69, 9.17) is 0 Å². The van der Waals surface area contributed by atoms with Crippen molar-refractivity contribution in [2.24, 2.45) is 0 Å². The zero-order chi connectivity index (χ0) is 19.1. The van der Waals surface area contributed by atoms with Gasteiger partial charge in [-0.05, 0) is 44.2 Å². The van der Waals surface area contributed by atoms with Gasteiger partial charge in [0.2, 0.25) is 5.91 Å². The molecular weight excluding hydrogens is 356 g/mol. The second kappa shape index (κ2) is 9.06. The SMILES string of the molecule is CC(C)n1cnnc1SCC(=O)Nc1cccc(C#Cc2ccccc2)c1. The van der Waals surface area contributed by atoms with Crippen molar-refractivity contribution >= 4 is 23.4 Å². The van der Waals surface area contributed by atoms with Crippen LogP contribution in [0, 0.1) is 11.8 Å². The summed E-state index contributed by atoms with van der Waals surface area (Å²) in [7, 11) is 0. The minimum Gasteiger partial charge on any atom is -0.325 e. The summed E-state index contributed by atoms with van der Waals surface area (Å²) in [6.07, 6.45) is 1.68. The number of nitrogens with one attached hydrogen (secondary N) is 1. The van der Waals surface area contributed by atoms with Gasteiger partial charge in [-0.3, -0.25) is 4.79 Å².